The van der Waals surface area contributed by atoms with Crippen LogP contribution in [0.4, 0.5) is 0 Å². The third-order valence-electron chi connectivity index (χ3n) is 9.26. The third kappa shape index (κ3) is 41.6. The molecule has 0 fully saturated rings. The molecule has 3 N–H and O–H groups in total. The summed E-state index contributed by atoms with van der Waals surface area (Å²) >= 11 is 0. The Morgan fingerprint density at radius 1 is 0.574 bits per heavy atom. The molecular weight excluding hydrogens is 697 g/mol. The number of esters is 1. The summed E-state index contributed by atoms with van der Waals surface area (Å²) in [6, 6.07) is 0. The van der Waals surface area contributed by atoms with Gasteiger partial charge < -0.3 is 20.1 Å². The van der Waals surface area contributed by atoms with Gasteiger partial charge in [-0.1, -0.05) is 184 Å². The van der Waals surface area contributed by atoms with Gasteiger partial charge in [-0.05, 0) is 51.4 Å². The maximum absolute atomic E-state index is 12.6. The van der Waals surface area contributed by atoms with Crippen molar-refractivity contribution < 1.29 is 32.8 Å². The molecule has 2 unspecified atom stereocenters. The highest BCUT2D eigenvalue weighted by Gasteiger charge is 2.25. The number of unbranched alkanes of at least 4 members (excludes halogenated alkanes) is 21. The van der Waals surface area contributed by atoms with Gasteiger partial charge >= 0.3 is 13.8 Å². The number of hydrogen-bond acceptors (Lipinski definition) is 7. The Hall–Kier alpha value is -1.54. The second-order valence-corrected chi connectivity index (χ2v) is 16.0. The first kappa shape index (κ1) is 52.5. The smallest absolute Gasteiger partial charge is 0.457 e. The lowest BCUT2D eigenvalue weighted by atomic mass is 10.0. The Bertz CT molecular complexity index is 968. The molecule has 0 bridgehead atoms. The van der Waals surface area contributed by atoms with Crippen LogP contribution in [-0.4, -0.2) is 49.9 Å². The van der Waals surface area contributed by atoms with Gasteiger partial charge in [0.15, 0.2) is 0 Å². The number of hydrogen-bond donors (Lipinski definition) is 2. The van der Waals surface area contributed by atoms with E-state index in [0.29, 0.717) is 13.0 Å². The van der Waals surface area contributed by atoms with Gasteiger partial charge in [-0.25, -0.2) is 4.57 Å². The van der Waals surface area contributed by atoms with Gasteiger partial charge in [0.2, 0.25) is 0 Å². The lowest BCUT2D eigenvalue weighted by molar-refractivity contribution is -0.154. The molecule has 0 amide bonds. The Morgan fingerprint density at radius 3 is 1.54 bits per heavy atom. The van der Waals surface area contributed by atoms with Crippen molar-refractivity contribution in [2.75, 3.05) is 33.0 Å². The van der Waals surface area contributed by atoms with Gasteiger partial charge in [0.25, 0.3) is 0 Å². The van der Waals surface area contributed by atoms with Crippen molar-refractivity contribution in [2.45, 2.75) is 200 Å². The van der Waals surface area contributed by atoms with Crippen LogP contribution in [0, 0.1) is 0 Å². The van der Waals surface area contributed by atoms with E-state index in [4.69, 9.17) is 24.3 Å². The molecular formula is C45H84NO7P. The summed E-state index contributed by atoms with van der Waals surface area (Å²) in [6.45, 7) is 4.75. The van der Waals surface area contributed by atoms with E-state index < -0.39 is 13.9 Å². The molecule has 0 saturated carbocycles. The standard InChI is InChI=1S/C45H84NO7P/c1-3-5-7-9-11-13-15-17-19-21-22-23-24-26-28-30-32-34-36-38-45(47)53-44(43-52-54(48,49)51-41-39-46)42-50-40-37-35-33-31-29-27-25-20-18-16-14-12-10-8-6-4-2/h6,8,12,14,18,20,27,29,44H,3-5,7,9-11,13,15-17,19,21-26,28,30-43,46H2,1-2H3,(H,48,49)/b8-6-,14-12-,20-18-,29-27-. The summed E-state index contributed by atoms with van der Waals surface area (Å²) in [5.74, 6) is -0.340. The van der Waals surface area contributed by atoms with Crippen molar-refractivity contribution in [1.29, 1.82) is 0 Å². The van der Waals surface area contributed by atoms with Gasteiger partial charge in [0.1, 0.15) is 6.10 Å². The molecule has 316 valence electrons. The van der Waals surface area contributed by atoms with Gasteiger partial charge in [-0.15, -0.1) is 0 Å². The average Bonchev–Trinajstić information content (AvgIpc) is 3.16. The largest absolute Gasteiger partial charge is 0.472 e. The molecule has 54 heavy (non-hydrogen) atoms. The second-order valence-electron chi connectivity index (χ2n) is 14.5. The Labute approximate surface area is 332 Å². The molecule has 0 aliphatic carbocycles. The Morgan fingerprint density at radius 2 is 1.04 bits per heavy atom. The minimum absolute atomic E-state index is 0.0944. The Balaban J connectivity index is 4.04. The van der Waals surface area contributed by atoms with E-state index in [1.54, 1.807) is 0 Å². The molecule has 0 aliphatic rings. The van der Waals surface area contributed by atoms with Crippen LogP contribution in [0.25, 0.3) is 0 Å². The van der Waals surface area contributed by atoms with Crippen LogP contribution < -0.4 is 5.73 Å². The fourth-order valence-electron chi connectivity index (χ4n) is 6.05. The normalized spacial score (nSPS) is 13.9. The summed E-state index contributed by atoms with van der Waals surface area (Å²) in [5, 5.41) is 0. The SMILES string of the molecule is CC/C=C\C/C=C\C/C=C\C/C=C\CCCCCOCC(COP(=O)(O)OCCN)OC(=O)CCCCCCCCCCCCCCCCCCCCC. The van der Waals surface area contributed by atoms with Gasteiger partial charge in [0, 0.05) is 19.6 Å². The van der Waals surface area contributed by atoms with E-state index in [-0.39, 0.29) is 32.3 Å². The van der Waals surface area contributed by atoms with Crippen LogP contribution >= 0.6 is 7.82 Å². The van der Waals surface area contributed by atoms with Crippen LogP contribution in [0.1, 0.15) is 194 Å². The minimum atomic E-state index is -4.29. The van der Waals surface area contributed by atoms with Crippen molar-refractivity contribution in [3.05, 3.63) is 48.6 Å². The lowest BCUT2D eigenvalue weighted by Crippen LogP contribution is -2.28. The lowest BCUT2D eigenvalue weighted by Gasteiger charge is -2.20. The number of carbonyl (C=O) groups is 1. The number of ether oxygens (including phenoxy) is 2. The maximum atomic E-state index is 12.6. The molecule has 8 nitrogen and oxygen atoms in total. The first-order valence-electron chi connectivity index (χ1n) is 22.1. The Kier molecular flexibility index (Phi) is 41.4. The zero-order valence-corrected chi connectivity index (χ0v) is 35.8. The number of nitrogens with two attached hydrogens (primary N) is 1. The summed E-state index contributed by atoms with van der Waals surface area (Å²) in [5.41, 5.74) is 5.37. The van der Waals surface area contributed by atoms with E-state index in [1.807, 2.05) is 0 Å². The van der Waals surface area contributed by atoms with E-state index in [1.165, 1.54) is 103 Å². The van der Waals surface area contributed by atoms with E-state index in [0.717, 1.165) is 70.6 Å². The molecule has 0 rings (SSSR count). The van der Waals surface area contributed by atoms with E-state index in [2.05, 4.69) is 62.5 Å². The first-order chi connectivity index (χ1) is 26.4. The molecule has 2 atom stereocenters. The summed E-state index contributed by atoms with van der Waals surface area (Å²) in [6.07, 6.45) is 49.9. The molecule has 0 heterocycles. The zero-order valence-electron chi connectivity index (χ0n) is 35.0. The monoisotopic (exact) mass is 782 g/mol. The number of allylic oxidation sites excluding steroid dienone is 8. The molecule has 0 aliphatic heterocycles. The highest BCUT2D eigenvalue weighted by atomic mass is 31.2. The third-order valence-corrected chi connectivity index (χ3v) is 10.2. The second kappa shape index (κ2) is 42.6. The molecule has 0 aromatic heterocycles. The van der Waals surface area contributed by atoms with E-state index in [9.17, 15) is 14.3 Å². The van der Waals surface area contributed by atoms with Gasteiger partial charge in [-0.2, -0.15) is 0 Å². The summed E-state index contributed by atoms with van der Waals surface area (Å²) < 4.78 is 33.4. The van der Waals surface area contributed by atoms with Crippen molar-refractivity contribution in [1.82, 2.24) is 0 Å². The van der Waals surface area contributed by atoms with E-state index >= 15 is 0 Å². The maximum Gasteiger partial charge on any atom is 0.472 e. The van der Waals surface area contributed by atoms with Crippen molar-refractivity contribution >= 4 is 13.8 Å². The predicted molar refractivity (Wildman–Crippen MR) is 229 cm³/mol. The van der Waals surface area contributed by atoms with Crippen LogP contribution in [0.2, 0.25) is 0 Å². The summed E-state index contributed by atoms with van der Waals surface area (Å²) in [7, 11) is -4.29. The molecule has 9 heteroatoms. The molecule has 0 aromatic carbocycles. The van der Waals surface area contributed by atoms with Crippen LogP contribution in [0.3, 0.4) is 0 Å². The van der Waals surface area contributed by atoms with Crippen molar-refractivity contribution in [2.24, 2.45) is 5.73 Å². The fourth-order valence-corrected chi connectivity index (χ4v) is 6.81. The zero-order chi connectivity index (χ0) is 39.5. The molecule has 0 radical (unpaired) electrons. The molecule has 0 aromatic rings. The van der Waals surface area contributed by atoms with Crippen molar-refractivity contribution in [3.63, 3.8) is 0 Å². The number of rotatable bonds is 42. The van der Waals surface area contributed by atoms with Crippen molar-refractivity contribution in [3.8, 4) is 0 Å². The van der Waals surface area contributed by atoms with Gasteiger partial charge in [-0.3, -0.25) is 13.8 Å². The topological polar surface area (TPSA) is 117 Å². The van der Waals surface area contributed by atoms with Gasteiger partial charge in [0.05, 0.1) is 19.8 Å². The average molecular weight is 782 g/mol. The minimum Gasteiger partial charge on any atom is -0.457 e. The van der Waals surface area contributed by atoms with Crippen LogP contribution in [0.15, 0.2) is 48.6 Å². The van der Waals surface area contributed by atoms with Crippen LogP contribution in [0.5, 0.6) is 0 Å². The fraction of sp³-hybridized carbons (Fsp3) is 0.800. The first-order valence-corrected chi connectivity index (χ1v) is 23.6. The molecule has 0 spiro atoms. The number of carbonyl (C=O) groups excluding carboxylic acids is 1. The number of phosphoric acid groups is 1. The highest BCUT2D eigenvalue weighted by molar-refractivity contribution is 7.47. The highest BCUT2D eigenvalue weighted by Crippen LogP contribution is 2.43. The predicted octanol–water partition coefficient (Wildman–Crippen LogP) is 13.2. The quantitative estimate of drug-likeness (QED) is 0.0272. The number of phosphoric ester groups is 1. The summed E-state index contributed by atoms with van der Waals surface area (Å²) in [4.78, 5) is 22.5. The van der Waals surface area contributed by atoms with Crippen LogP contribution in [-0.2, 0) is 27.9 Å². The molecule has 0 saturated heterocycles.